The molecule has 0 aliphatic heterocycles. The predicted molar refractivity (Wildman–Crippen MR) is 83.8 cm³/mol. The van der Waals surface area contributed by atoms with Crippen LogP contribution in [0.15, 0.2) is 35.5 Å². The lowest BCUT2D eigenvalue weighted by atomic mass is 10.0. The molecular formula is C15H20FN3O3S. The molecule has 1 heterocycles. The Hall–Kier alpha value is -1.77. The highest BCUT2D eigenvalue weighted by atomic mass is 32.2. The van der Waals surface area contributed by atoms with Gasteiger partial charge in [0.2, 0.25) is 10.0 Å². The van der Waals surface area contributed by atoms with E-state index in [-0.39, 0.29) is 24.0 Å². The number of sulfonamides is 1. The third-order valence-electron chi connectivity index (χ3n) is 3.54. The zero-order valence-corrected chi connectivity index (χ0v) is 13.8. The van der Waals surface area contributed by atoms with Gasteiger partial charge in [-0.2, -0.15) is 5.10 Å². The van der Waals surface area contributed by atoms with Gasteiger partial charge in [0, 0.05) is 26.4 Å². The summed E-state index contributed by atoms with van der Waals surface area (Å²) in [6, 6.07) is 4.11. The molecule has 126 valence electrons. The van der Waals surface area contributed by atoms with Gasteiger partial charge in [-0.1, -0.05) is 12.1 Å². The Labute approximate surface area is 135 Å². The lowest BCUT2D eigenvalue weighted by Crippen LogP contribution is -2.32. The molecule has 0 saturated carbocycles. The zero-order valence-electron chi connectivity index (χ0n) is 13.0. The molecule has 8 heteroatoms. The topological polar surface area (TPSA) is 84.2 Å². The van der Waals surface area contributed by atoms with Crippen molar-refractivity contribution in [2.75, 3.05) is 13.2 Å². The minimum absolute atomic E-state index is 0.0154. The second-order valence-corrected chi connectivity index (χ2v) is 7.22. The molecule has 0 amide bonds. The monoisotopic (exact) mass is 341 g/mol. The first-order valence-corrected chi connectivity index (χ1v) is 8.65. The molecule has 0 fully saturated rings. The fourth-order valence-electron chi connectivity index (χ4n) is 2.37. The van der Waals surface area contributed by atoms with E-state index in [0.29, 0.717) is 12.0 Å². The van der Waals surface area contributed by atoms with Crippen LogP contribution in [0.5, 0.6) is 0 Å². The Balaban J connectivity index is 2.08. The highest BCUT2D eigenvalue weighted by molar-refractivity contribution is 7.89. The number of nitrogens with zero attached hydrogens (tertiary/aromatic N) is 2. The Morgan fingerprint density at radius 3 is 2.74 bits per heavy atom. The summed E-state index contributed by atoms with van der Waals surface area (Å²) < 4.78 is 42.4. The van der Waals surface area contributed by atoms with E-state index in [0.717, 1.165) is 11.6 Å². The van der Waals surface area contributed by atoms with Crippen LogP contribution in [-0.4, -0.2) is 36.5 Å². The Morgan fingerprint density at radius 2 is 2.17 bits per heavy atom. The maximum atomic E-state index is 13.8. The van der Waals surface area contributed by atoms with E-state index in [2.05, 4.69) is 9.82 Å². The van der Waals surface area contributed by atoms with Gasteiger partial charge in [-0.3, -0.25) is 4.68 Å². The van der Waals surface area contributed by atoms with Crippen molar-refractivity contribution >= 4 is 10.0 Å². The fourth-order valence-corrected chi connectivity index (χ4v) is 3.78. The van der Waals surface area contributed by atoms with Crippen molar-refractivity contribution in [1.29, 1.82) is 0 Å². The molecular weight excluding hydrogens is 321 g/mol. The molecule has 0 unspecified atom stereocenters. The quantitative estimate of drug-likeness (QED) is 0.787. The summed E-state index contributed by atoms with van der Waals surface area (Å²) in [4.78, 5) is -0.349. The van der Waals surface area contributed by atoms with Crippen molar-refractivity contribution in [3.05, 3.63) is 47.5 Å². The number of halogens is 1. The van der Waals surface area contributed by atoms with Gasteiger partial charge in [0.25, 0.3) is 0 Å². The lowest BCUT2D eigenvalue weighted by molar-refractivity contribution is 0.227. The van der Waals surface area contributed by atoms with E-state index in [1.54, 1.807) is 24.1 Å². The largest absolute Gasteiger partial charge is 0.396 e. The van der Waals surface area contributed by atoms with Gasteiger partial charge in [-0.15, -0.1) is 0 Å². The highest BCUT2D eigenvalue weighted by Gasteiger charge is 2.22. The molecule has 0 spiro atoms. The molecule has 1 aromatic carbocycles. The maximum Gasteiger partial charge on any atom is 0.243 e. The number of aromatic nitrogens is 2. The van der Waals surface area contributed by atoms with Crippen LogP contribution in [-0.2, 0) is 23.5 Å². The zero-order chi connectivity index (χ0) is 17.0. The van der Waals surface area contributed by atoms with Gasteiger partial charge in [0.05, 0.1) is 6.20 Å². The molecule has 1 aromatic heterocycles. The second kappa shape index (κ2) is 7.20. The normalized spacial score (nSPS) is 13.2. The lowest BCUT2D eigenvalue weighted by Gasteiger charge is -2.15. The van der Waals surface area contributed by atoms with Gasteiger partial charge in [0.1, 0.15) is 10.7 Å². The number of hydrogen-bond acceptors (Lipinski definition) is 4. The molecule has 2 rings (SSSR count). The van der Waals surface area contributed by atoms with Crippen molar-refractivity contribution in [2.45, 2.75) is 18.2 Å². The molecule has 6 nitrogen and oxygen atoms in total. The van der Waals surface area contributed by atoms with Crippen molar-refractivity contribution in [3.8, 4) is 0 Å². The molecule has 0 aliphatic carbocycles. The number of rotatable bonds is 7. The van der Waals surface area contributed by atoms with Gasteiger partial charge < -0.3 is 5.11 Å². The van der Waals surface area contributed by atoms with Gasteiger partial charge >= 0.3 is 0 Å². The van der Waals surface area contributed by atoms with Crippen LogP contribution >= 0.6 is 0 Å². The average molecular weight is 341 g/mol. The van der Waals surface area contributed by atoms with Crippen LogP contribution in [0.1, 0.15) is 11.1 Å². The molecule has 0 radical (unpaired) electrons. The highest BCUT2D eigenvalue weighted by Crippen LogP contribution is 2.19. The van der Waals surface area contributed by atoms with Crippen LogP contribution in [0, 0.1) is 18.7 Å². The first-order valence-electron chi connectivity index (χ1n) is 7.16. The maximum absolute atomic E-state index is 13.8. The Morgan fingerprint density at radius 1 is 1.43 bits per heavy atom. The summed E-state index contributed by atoms with van der Waals surface area (Å²) in [7, 11) is -2.19. The summed E-state index contributed by atoms with van der Waals surface area (Å²) in [5.41, 5.74) is 1.23. The molecule has 0 aliphatic rings. The minimum atomic E-state index is -3.97. The number of aliphatic hydroxyl groups excluding tert-OH is 1. The van der Waals surface area contributed by atoms with E-state index in [4.69, 9.17) is 0 Å². The molecule has 23 heavy (non-hydrogen) atoms. The standard InChI is InChI=1S/C15H20FN3O3S/c1-11-4-3-5-14(16)15(11)23(21,22)18-8-13(10-20)6-12-7-17-19(2)9-12/h3-5,7,9,13,18,20H,6,8,10H2,1-2H3/t13-/m0/s1. The summed E-state index contributed by atoms with van der Waals surface area (Å²) in [5, 5.41) is 13.5. The molecule has 0 bridgehead atoms. The first-order chi connectivity index (χ1) is 10.8. The van der Waals surface area contributed by atoms with Gasteiger partial charge in [-0.05, 0) is 36.5 Å². The number of benzene rings is 1. The van der Waals surface area contributed by atoms with Crippen molar-refractivity contribution < 1.29 is 17.9 Å². The van der Waals surface area contributed by atoms with E-state index < -0.39 is 15.8 Å². The van der Waals surface area contributed by atoms with Crippen LogP contribution in [0.2, 0.25) is 0 Å². The van der Waals surface area contributed by atoms with E-state index in [9.17, 15) is 17.9 Å². The van der Waals surface area contributed by atoms with Crippen molar-refractivity contribution in [3.63, 3.8) is 0 Å². The number of aliphatic hydroxyl groups is 1. The summed E-state index contributed by atoms with van der Waals surface area (Å²) >= 11 is 0. The van der Waals surface area contributed by atoms with Gasteiger partial charge in [-0.25, -0.2) is 17.5 Å². The summed E-state index contributed by atoms with van der Waals surface area (Å²) in [6.45, 7) is 1.37. The Bertz CT molecular complexity index is 754. The van der Waals surface area contributed by atoms with Gasteiger partial charge in [0.15, 0.2) is 0 Å². The fraction of sp³-hybridized carbons (Fsp3) is 0.400. The number of nitrogens with one attached hydrogen (secondary N) is 1. The number of aryl methyl sites for hydroxylation is 2. The predicted octanol–water partition coefficient (Wildman–Crippen LogP) is 0.997. The van der Waals surface area contributed by atoms with Crippen LogP contribution in [0.4, 0.5) is 4.39 Å². The van der Waals surface area contributed by atoms with Crippen LogP contribution in [0.25, 0.3) is 0 Å². The van der Waals surface area contributed by atoms with E-state index in [1.165, 1.54) is 19.1 Å². The summed E-state index contributed by atoms with van der Waals surface area (Å²) in [6.07, 6.45) is 3.94. The van der Waals surface area contributed by atoms with Crippen LogP contribution in [0.3, 0.4) is 0 Å². The average Bonchev–Trinajstić information content (AvgIpc) is 2.88. The van der Waals surface area contributed by atoms with Crippen LogP contribution < -0.4 is 4.72 Å². The third-order valence-corrected chi connectivity index (χ3v) is 5.14. The van der Waals surface area contributed by atoms with Crippen molar-refractivity contribution in [2.24, 2.45) is 13.0 Å². The molecule has 2 N–H and O–H groups in total. The first kappa shape index (κ1) is 17.6. The smallest absolute Gasteiger partial charge is 0.243 e. The summed E-state index contributed by atoms with van der Waals surface area (Å²) in [5.74, 6) is -1.11. The minimum Gasteiger partial charge on any atom is -0.396 e. The second-order valence-electron chi connectivity index (χ2n) is 5.51. The van der Waals surface area contributed by atoms with Crippen molar-refractivity contribution in [1.82, 2.24) is 14.5 Å². The molecule has 0 saturated heterocycles. The molecule has 2 aromatic rings. The number of hydrogen-bond donors (Lipinski definition) is 2. The SMILES string of the molecule is Cc1cccc(F)c1S(=O)(=O)NC[C@@H](CO)Cc1cnn(C)c1. The third kappa shape index (κ3) is 4.37. The Kier molecular flexibility index (Phi) is 5.51. The van der Waals surface area contributed by atoms with E-state index in [1.807, 2.05) is 0 Å². The van der Waals surface area contributed by atoms with E-state index >= 15 is 0 Å². The molecule has 1 atom stereocenters.